The third-order valence-electron chi connectivity index (χ3n) is 4.17. The summed E-state index contributed by atoms with van der Waals surface area (Å²) < 4.78 is 12.7. The summed E-state index contributed by atoms with van der Waals surface area (Å²) in [5.41, 5.74) is 3.18. The molecule has 0 fully saturated rings. The number of nitrogens with one attached hydrogen (secondary N) is 1. The second-order valence-electron chi connectivity index (χ2n) is 6.24. The summed E-state index contributed by atoms with van der Waals surface area (Å²) in [6.45, 7) is 0. The number of carbonyl (C=O) groups excluding carboxylic acids is 1. The molecule has 0 spiro atoms. The van der Waals surface area contributed by atoms with Crippen LogP contribution in [0.4, 0.5) is 5.69 Å². The highest BCUT2D eigenvalue weighted by Gasteiger charge is 2.16. The van der Waals surface area contributed by atoms with Crippen molar-refractivity contribution < 1.29 is 18.6 Å². The predicted octanol–water partition coefficient (Wildman–Crippen LogP) is 6.54. The first-order valence-electron chi connectivity index (χ1n) is 8.58. The Labute approximate surface area is 196 Å². The number of nitro groups is 1. The molecule has 0 unspecified atom stereocenters. The van der Waals surface area contributed by atoms with Crippen molar-refractivity contribution in [2.45, 2.75) is 0 Å². The van der Waals surface area contributed by atoms with Crippen molar-refractivity contribution in [2.24, 2.45) is 5.10 Å². The Morgan fingerprint density at radius 2 is 1.94 bits per heavy atom. The van der Waals surface area contributed by atoms with E-state index < -0.39 is 10.8 Å². The smallest absolute Gasteiger partial charge is 0.307 e. The van der Waals surface area contributed by atoms with Gasteiger partial charge in [0, 0.05) is 21.5 Å². The number of hydrogen-bond donors (Lipinski definition) is 1. The van der Waals surface area contributed by atoms with Gasteiger partial charge in [0.1, 0.15) is 22.1 Å². The van der Waals surface area contributed by atoms with Crippen LogP contribution in [0.3, 0.4) is 0 Å². The number of benzene rings is 2. The Morgan fingerprint density at radius 3 is 2.71 bits per heavy atom. The van der Waals surface area contributed by atoms with Crippen molar-refractivity contribution in [2.75, 3.05) is 0 Å². The maximum atomic E-state index is 12.3. The molecule has 0 radical (unpaired) electrons. The molecule has 0 aliphatic heterocycles. The Hall–Kier alpha value is -2.95. The lowest BCUT2D eigenvalue weighted by molar-refractivity contribution is -0.384. The van der Waals surface area contributed by atoms with Gasteiger partial charge in [-0.05, 0) is 58.4 Å². The van der Waals surface area contributed by atoms with Crippen molar-refractivity contribution in [3.05, 3.63) is 84.1 Å². The average Bonchev–Trinajstić information content (AvgIpc) is 3.35. The van der Waals surface area contributed by atoms with Gasteiger partial charge in [0.05, 0.1) is 15.6 Å². The molecule has 156 valence electrons. The van der Waals surface area contributed by atoms with Crippen molar-refractivity contribution in [3.8, 4) is 11.3 Å². The molecule has 31 heavy (non-hydrogen) atoms. The zero-order valence-electron chi connectivity index (χ0n) is 15.3. The SMILES string of the molecule is O=C(N/N=C/c1ccc(-c2ccc(Cl)c([N+](=O)[O-])c2)o1)c1cc2cc(Br)cc(Br)c2o1. The minimum absolute atomic E-state index is 0.0368. The molecule has 4 rings (SSSR count). The first-order valence-corrected chi connectivity index (χ1v) is 10.5. The largest absolute Gasteiger partial charge is 0.455 e. The summed E-state index contributed by atoms with van der Waals surface area (Å²) in [7, 11) is 0. The number of amides is 1. The van der Waals surface area contributed by atoms with Gasteiger partial charge >= 0.3 is 5.91 Å². The summed E-state index contributed by atoms with van der Waals surface area (Å²) in [6.07, 6.45) is 1.31. The first kappa shape index (κ1) is 21.3. The van der Waals surface area contributed by atoms with Crippen molar-refractivity contribution in [1.82, 2.24) is 5.43 Å². The number of halogens is 3. The summed E-state index contributed by atoms with van der Waals surface area (Å²) in [5, 5.41) is 15.7. The zero-order valence-corrected chi connectivity index (χ0v) is 19.2. The van der Waals surface area contributed by atoms with Crippen LogP contribution in [0.2, 0.25) is 5.02 Å². The number of carbonyl (C=O) groups is 1. The first-order chi connectivity index (χ1) is 14.8. The van der Waals surface area contributed by atoms with Gasteiger partial charge in [-0.25, -0.2) is 5.43 Å². The third-order valence-corrected chi connectivity index (χ3v) is 5.54. The Morgan fingerprint density at radius 1 is 1.13 bits per heavy atom. The summed E-state index contributed by atoms with van der Waals surface area (Å²) in [4.78, 5) is 22.8. The van der Waals surface area contributed by atoms with Crippen molar-refractivity contribution >= 4 is 72.2 Å². The van der Waals surface area contributed by atoms with Crippen molar-refractivity contribution in [3.63, 3.8) is 0 Å². The fourth-order valence-electron chi connectivity index (χ4n) is 2.78. The predicted molar refractivity (Wildman–Crippen MR) is 122 cm³/mol. The van der Waals surface area contributed by atoms with E-state index in [0.717, 1.165) is 9.86 Å². The molecule has 0 saturated carbocycles. The van der Waals surface area contributed by atoms with Crippen LogP contribution in [0.25, 0.3) is 22.3 Å². The van der Waals surface area contributed by atoms with Crippen LogP contribution >= 0.6 is 43.5 Å². The minimum atomic E-state index is -0.567. The number of nitrogens with zero attached hydrogens (tertiary/aromatic N) is 2. The fourth-order valence-corrected chi connectivity index (χ4v) is 4.31. The van der Waals surface area contributed by atoms with E-state index in [9.17, 15) is 14.9 Å². The van der Waals surface area contributed by atoms with E-state index in [1.54, 1.807) is 24.3 Å². The molecule has 4 aromatic rings. The summed E-state index contributed by atoms with van der Waals surface area (Å²) in [6, 6.07) is 12.8. The molecule has 2 aromatic heterocycles. The topological polar surface area (TPSA) is 111 Å². The number of furan rings is 2. The quantitative estimate of drug-likeness (QED) is 0.167. The van der Waals surface area contributed by atoms with Gasteiger partial charge < -0.3 is 8.83 Å². The minimum Gasteiger partial charge on any atom is -0.455 e. The van der Waals surface area contributed by atoms with Gasteiger partial charge in [-0.2, -0.15) is 5.10 Å². The lowest BCUT2D eigenvalue weighted by Gasteiger charge is -1.99. The maximum Gasteiger partial charge on any atom is 0.307 e. The van der Waals surface area contributed by atoms with E-state index in [4.69, 9.17) is 20.4 Å². The Bertz CT molecular complexity index is 1360. The lowest BCUT2D eigenvalue weighted by Crippen LogP contribution is -2.16. The number of hydrazone groups is 1. The second kappa shape index (κ2) is 8.66. The van der Waals surface area contributed by atoms with Crippen LogP contribution in [0.1, 0.15) is 16.3 Å². The van der Waals surface area contributed by atoms with Gasteiger partial charge in [0.15, 0.2) is 5.76 Å². The molecule has 11 heteroatoms. The molecule has 0 saturated heterocycles. The normalized spacial score (nSPS) is 11.3. The highest BCUT2D eigenvalue weighted by atomic mass is 79.9. The van der Waals surface area contributed by atoms with Gasteiger partial charge in [0.25, 0.3) is 5.69 Å². The monoisotopic (exact) mass is 565 g/mol. The Balaban J connectivity index is 1.47. The molecule has 2 aromatic carbocycles. The molecule has 0 aliphatic rings. The number of hydrogen-bond acceptors (Lipinski definition) is 6. The van der Waals surface area contributed by atoms with Crippen molar-refractivity contribution in [1.29, 1.82) is 0 Å². The molecule has 0 aliphatic carbocycles. The zero-order chi connectivity index (χ0) is 22.1. The number of nitro benzene ring substituents is 1. The van der Waals surface area contributed by atoms with E-state index in [2.05, 4.69) is 42.4 Å². The molecule has 8 nitrogen and oxygen atoms in total. The molecular weight excluding hydrogens is 557 g/mol. The third kappa shape index (κ3) is 4.55. The van der Waals surface area contributed by atoms with E-state index in [0.29, 0.717) is 27.1 Å². The van der Waals surface area contributed by atoms with E-state index >= 15 is 0 Å². The van der Waals surface area contributed by atoms with Crippen LogP contribution in [-0.2, 0) is 0 Å². The maximum absolute atomic E-state index is 12.3. The van der Waals surface area contributed by atoms with Crippen LogP contribution < -0.4 is 5.43 Å². The fraction of sp³-hybridized carbons (Fsp3) is 0. The van der Waals surface area contributed by atoms with E-state index in [1.165, 1.54) is 18.3 Å². The molecule has 0 bridgehead atoms. The molecule has 0 atom stereocenters. The average molecular weight is 568 g/mol. The van der Waals surface area contributed by atoms with Gasteiger partial charge in [-0.1, -0.05) is 27.5 Å². The summed E-state index contributed by atoms with van der Waals surface area (Å²) in [5.74, 6) is 0.291. The van der Waals surface area contributed by atoms with Crippen LogP contribution in [-0.4, -0.2) is 17.0 Å². The van der Waals surface area contributed by atoms with Gasteiger partial charge in [-0.3, -0.25) is 14.9 Å². The van der Waals surface area contributed by atoms with E-state index in [1.807, 2.05) is 12.1 Å². The highest BCUT2D eigenvalue weighted by molar-refractivity contribution is 9.11. The second-order valence-corrected chi connectivity index (χ2v) is 8.42. The molecule has 1 amide bonds. The summed E-state index contributed by atoms with van der Waals surface area (Å²) >= 11 is 12.6. The van der Waals surface area contributed by atoms with Gasteiger partial charge in [0.2, 0.25) is 0 Å². The highest BCUT2D eigenvalue weighted by Crippen LogP contribution is 2.32. The molecular formula is C20H10Br2ClN3O5. The van der Waals surface area contributed by atoms with E-state index in [-0.39, 0.29) is 16.5 Å². The molecule has 1 N–H and O–H groups in total. The lowest BCUT2D eigenvalue weighted by atomic mass is 10.1. The van der Waals surface area contributed by atoms with Crippen LogP contribution in [0.15, 0.2) is 71.4 Å². The standard InChI is InChI=1S/C20H10Br2ClN3O5/c21-12-5-11-7-18(31-19(11)14(22)8-12)20(27)25-24-9-13-2-4-17(30-13)10-1-3-15(23)16(6-10)26(28)29/h1-9H,(H,25,27)/b24-9+. The number of rotatable bonds is 5. The number of fused-ring (bicyclic) bond motifs is 1. The van der Waals surface area contributed by atoms with Gasteiger partial charge in [-0.15, -0.1) is 0 Å². The Kier molecular flexibility index (Phi) is 5.94. The van der Waals surface area contributed by atoms with Crippen LogP contribution in [0, 0.1) is 10.1 Å². The molecule has 2 heterocycles. The van der Waals surface area contributed by atoms with Crippen LogP contribution in [0.5, 0.6) is 0 Å².